The van der Waals surface area contributed by atoms with E-state index in [1.807, 2.05) is 36.6 Å². The molecule has 0 aliphatic rings. The van der Waals surface area contributed by atoms with Gasteiger partial charge in [-0.1, -0.05) is 74.9 Å². The topological polar surface area (TPSA) is 28.7 Å². The number of allylic oxidation sites excluding steroid dienone is 10. The molecule has 2 heteroatoms. The molecule has 1 aromatic rings. The third-order valence-corrected chi connectivity index (χ3v) is 2.59. The van der Waals surface area contributed by atoms with Gasteiger partial charge in [-0.3, -0.25) is 0 Å². The lowest BCUT2D eigenvalue weighted by atomic mass is 10.1. The standard InChI is InChI=1S/C18H20N2/c1-5-9-12-16(11-7-3)18-19-14-17(20-18)13-15(8-4)10-6-2/h5-12,14H,1-4,13H2,(H,19,20)/b12-9-,15-10+,16-11+. The van der Waals surface area contributed by atoms with Crippen LogP contribution in [0.2, 0.25) is 0 Å². The van der Waals surface area contributed by atoms with E-state index in [2.05, 4.69) is 36.3 Å². The minimum atomic E-state index is 0.721. The normalized spacial score (nSPS) is 12.4. The number of nitrogens with one attached hydrogen (secondary N) is 1. The fourth-order valence-corrected chi connectivity index (χ4v) is 1.67. The summed E-state index contributed by atoms with van der Waals surface area (Å²) in [5.74, 6) is 0.806. The third kappa shape index (κ3) is 4.58. The number of hydrogen-bond donors (Lipinski definition) is 1. The van der Waals surface area contributed by atoms with Crippen molar-refractivity contribution in [2.45, 2.75) is 6.42 Å². The van der Waals surface area contributed by atoms with E-state index in [-0.39, 0.29) is 0 Å². The average Bonchev–Trinajstić information content (AvgIpc) is 2.91. The molecule has 0 saturated carbocycles. The van der Waals surface area contributed by atoms with Gasteiger partial charge in [0.25, 0.3) is 0 Å². The van der Waals surface area contributed by atoms with Gasteiger partial charge in [-0.05, 0) is 5.57 Å². The Morgan fingerprint density at radius 3 is 2.45 bits per heavy atom. The number of aromatic nitrogens is 2. The zero-order valence-electron chi connectivity index (χ0n) is 11.7. The summed E-state index contributed by atoms with van der Waals surface area (Å²) < 4.78 is 0. The number of rotatable bonds is 8. The van der Waals surface area contributed by atoms with Crippen LogP contribution in [0.25, 0.3) is 5.57 Å². The average molecular weight is 264 g/mol. The maximum absolute atomic E-state index is 4.57. The number of hydrogen-bond acceptors (Lipinski definition) is 1. The summed E-state index contributed by atoms with van der Waals surface area (Å²) in [6.45, 7) is 14.9. The quantitative estimate of drug-likeness (QED) is 0.685. The van der Waals surface area contributed by atoms with Crippen molar-refractivity contribution in [3.05, 3.63) is 98.2 Å². The minimum Gasteiger partial charge on any atom is -0.344 e. The molecule has 1 rings (SSSR count). The molecule has 0 fully saturated rings. The highest BCUT2D eigenvalue weighted by atomic mass is 14.9. The zero-order valence-corrected chi connectivity index (χ0v) is 11.7. The Morgan fingerprint density at radius 1 is 1.10 bits per heavy atom. The van der Waals surface area contributed by atoms with E-state index in [1.54, 1.807) is 18.2 Å². The number of H-pyrrole nitrogens is 1. The van der Waals surface area contributed by atoms with E-state index in [4.69, 9.17) is 0 Å². The van der Waals surface area contributed by atoms with Gasteiger partial charge in [-0.2, -0.15) is 0 Å². The first-order valence-electron chi connectivity index (χ1n) is 6.35. The monoisotopic (exact) mass is 264 g/mol. The summed E-state index contributed by atoms with van der Waals surface area (Å²) in [6, 6.07) is 0. The molecule has 1 aromatic heterocycles. The lowest BCUT2D eigenvalue weighted by Crippen LogP contribution is -1.89. The van der Waals surface area contributed by atoms with E-state index in [0.717, 1.165) is 29.1 Å². The second-order valence-corrected chi connectivity index (χ2v) is 4.05. The predicted octanol–water partition coefficient (Wildman–Crippen LogP) is 4.56. The van der Waals surface area contributed by atoms with Crippen molar-refractivity contribution in [1.29, 1.82) is 0 Å². The Balaban J connectivity index is 2.97. The number of aromatic amines is 1. The maximum atomic E-state index is 4.57. The van der Waals surface area contributed by atoms with Crippen LogP contribution in [0.3, 0.4) is 0 Å². The van der Waals surface area contributed by atoms with Crippen LogP contribution in [-0.2, 0) is 6.42 Å². The van der Waals surface area contributed by atoms with Crippen molar-refractivity contribution in [3.8, 4) is 0 Å². The van der Waals surface area contributed by atoms with Crippen molar-refractivity contribution in [2.24, 2.45) is 0 Å². The molecule has 0 atom stereocenters. The van der Waals surface area contributed by atoms with Crippen LogP contribution in [0, 0.1) is 0 Å². The van der Waals surface area contributed by atoms with Gasteiger partial charge >= 0.3 is 0 Å². The molecule has 0 unspecified atom stereocenters. The Labute approximate surface area is 121 Å². The second kappa shape index (κ2) is 8.48. The zero-order chi connectivity index (χ0) is 14.8. The molecule has 0 aliphatic carbocycles. The van der Waals surface area contributed by atoms with E-state index >= 15 is 0 Å². The molecule has 0 spiro atoms. The van der Waals surface area contributed by atoms with Crippen molar-refractivity contribution in [2.75, 3.05) is 0 Å². The van der Waals surface area contributed by atoms with Crippen molar-refractivity contribution in [1.82, 2.24) is 9.97 Å². The van der Waals surface area contributed by atoms with Gasteiger partial charge in [0.2, 0.25) is 0 Å². The summed E-state index contributed by atoms with van der Waals surface area (Å²) in [6.07, 6.45) is 17.3. The summed E-state index contributed by atoms with van der Waals surface area (Å²) in [5, 5.41) is 0. The van der Waals surface area contributed by atoms with Crippen LogP contribution in [-0.4, -0.2) is 9.97 Å². The Morgan fingerprint density at radius 2 is 1.85 bits per heavy atom. The third-order valence-electron chi connectivity index (χ3n) is 2.59. The van der Waals surface area contributed by atoms with Crippen LogP contribution < -0.4 is 0 Å². The van der Waals surface area contributed by atoms with Crippen LogP contribution in [0.15, 0.2) is 86.7 Å². The number of imidazole rings is 1. The molecular weight excluding hydrogens is 244 g/mol. The van der Waals surface area contributed by atoms with Crippen LogP contribution >= 0.6 is 0 Å². The largest absolute Gasteiger partial charge is 0.344 e. The Hall–Kier alpha value is -2.61. The summed E-state index contributed by atoms with van der Waals surface area (Å²) in [5.41, 5.74) is 2.99. The van der Waals surface area contributed by atoms with E-state index < -0.39 is 0 Å². The van der Waals surface area contributed by atoms with Crippen molar-refractivity contribution < 1.29 is 0 Å². The Bertz CT molecular complexity index is 580. The maximum Gasteiger partial charge on any atom is 0.137 e. The van der Waals surface area contributed by atoms with Crippen LogP contribution in [0.5, 0.6) is 0 Å². The van der Waals surface area contributed by atoms with E-state index in [1.165, 1.54) is 0 Å². The fourth-order valence-electron chi connectivity index (χ4n) is 1.67. The molecule has 0 aliphatic heterocycles. The van der Waals surface area contributed by atoms with Gasteiger partial charge in [0.1, 0.15) is 5.82 Å². The lowest BCUT2D eigenvalue weighted by molar-refractivity contribution is 1.10. The van der Waals surface area contributed by atoms with E-state index in [9.17, 15) is 0 Å². The summed E-state index contributed by atoms with van der Waals surface area (Å²) in [4.78, 5) is 7.74. The van der Waals surface area contributed by atoms with Crippen LogP contribution in [0.1, 0.15) is 11.5 Å². The second-order valence-electron chi connectivity index (χ2n) is 4.05. The van der Waals surface area contributed by atoms with Gasteiger partial charge in [-0.15, -0.1) is 0 Å². The van der Waals surface area contributed by atoms with Crippen molar-refractivity contribution in [3.63, 3.8) is 0 Å². The highest BCUT2D eigenvalue weighted by Gasteiger charge is 2.05. The first-order chi connectivity index (χ1) is 9.74. The van der Waals surface area contributed by atoms with Gasteiger partial charge in [0, 0.05) is 18.2 Å². The first kappa shape index (κ1) is 15.4. The van der Waals surface area contributed by atoms with Gasteiger partial charge in [0.15, 0.2) is 0 Å². The molecular formula is C18H20N2. The molecule has 0 saturated heterocycles. The molecule has 20 heavy (non-hydrogen) atoms. The molecule has 0 aromatic carbocycles. The van der Waals surface area contributed by atoms with Gasteiger partial charge < -0.3 is 4.98 Å². The highest BCUT2D eigenvalue weighted by molar-refractivity contribution is 5.71. The Kier molecular flexibility index (Phi) is 6.55. The minimum absolute atomic E-state index is 0.721. The molecule has 0 bridgehead atoms. The van der Waals surface area contributed by atoms with Gasteiger partial charge in [-0.25, -0.2) is 4.98 Å². The molecule has 0 radical (unpaired) electrons. The highest BCUT2D eigenvalue weighted by Crippen LogP contribution is 2.15. The molecule has 1 heterocycles. The molecule has 102 valence electrons. The number of nitrogens with zero attached hydrogens (tertiary/aromatic N) is 1. The molecule has 2 nitrogen and oxygen atoms in total. The van der Waals surface area contributed by atoms with E-state index in [0.29, 0.717) is 0 Å². The van der Waals surface area contributed by atoms with Gasteiger partial charge in [0.05, 0.1) is 5.69 Å². The molecule has 1 N–H and O–H groups in total. The summed E-state index contributed by atoms with van der Waals surface area (Å²) in [7, 11) is 0. The van der Waals surface area contributed by atoms with Crippen molar-refractivity contribution >= 4 is 5.57 Å². The summed E-state index contributed by atoms with van der Waals surface area (Å²) >= 11 is 0. The fraction of sp³-hybridized carbons (Fsp3) is 0.0556. The lowest BCUT2D eigenvalue weighted by Gasteiger charge is -1.98. The smallest absolute Gasteiger partial charge is 0.137 e. The first-order valence-corrected chi connectivity index (χ1v) is 6.35. The SMILES string of the molecule is C=C/C=C\C(=C/C=C)c1nc(C/C(C=C)=C/C=C)c[nH]1. The van der Waals surface area contributed by atoms with Crippen LogP contribution in [0.4, 0.5) is 0 Å². The molecule has 0 amide bonds. The predicted molar refractivity (Wildman–Crippen MR) is 88.3 cm³/mol.